The Morgan fingerprint density at radius 2 is 2.00 bits per heavy atom. The number of benzene rings is 1. The lowest BCUT2D eigenvalue weighted by Gasteiger charge is -2.41. The van der Waals surface area contributed by atoms with E-state index in [1.807, 2.05) is 43.5 Å². The van der Waals surface area contributed by atoms with E-state index in [4.69, 9.17) is 4.74 Å². The average molecular weight is 426 g/mol. The zero-order valence-electron chi connectivity index (χ0n) is 18.1. The number of hydrogen-bond donors (Lipinski definition) is 1. The summed E-state index contributed by atoms with van der Waals surface area (Å²) in [7, 11) is 0. The number of hydrogen-bond acceptors (Lipinski definition) is 5. The third-order valence-corrected chi connectivity index (χ3v) is 6.21. The van der Waals surface area contributed by atoms with Crippen LogP contribution in [0.25, 0.3) is 5.69 Å². The summed E-state index contributed by atoms with van der Waals surface area (Å²) < 4.78 is 6.89. The van der Waals surface area contributed by atoms with Crippen molar-refractivity contribution in [2.75, 3.05) is 38.1 Å². The minimum atomic E-state index is -0.214. The maximum atomic E-state index is 13.0. The molecule has 0 bridgehead atoms. The average Bonchev–Trinajstić information content (AvgIpc) is 3.35. The molecule has 2 fully saturated rings. The number of ether oxygens (including phenoxy) is 1. The Morgan fingerprint density at radius 3 is 2.74 bits per heavy atom. The molecule has 8 heteroatoms. The molecule has 166 valence electrons. The Kier molecular flexibility index (Phi) is 6.86. The smallest absolute Gasteiger partial charge is 0.409 e. The Balaban J connectivity index is 1.31. The molecule has 1 aromatic heterocycles. The molecule has 1 N–H and O–H groups in total. The Morgan fingerprint density at radius 1 is 1.16 bits per heavy atom. The summed E-state index contributed by atoms with van der Waals surface area (Å²) in [5, 5.41) is 7.35. The molecule has 3 heterocycles. The van der Waals surface area contributed by atoms with E-state index in [1.165, 1.54) is 0 Å². The number of aromatic nitrogens is 2. The summed E-state index contributed by atoms with van der Waals surface area (Å²) in [6, 6.07) is 10.0. The topological polar surface area (TPSA) is 79.7 Å². The van der Waals surface area contributed by atoms with E-state index in [9.17, 15) is 9.59 Å². The lowest BCUT2D eigenvalue weighted by molar-refractivity contribution is -0.122. The fourth-order valence-electron chi connectivity index (χ4n) is 4.57. The van der Waals surface area contributed by atoms with Crippen LogP contribution in [0.15, 0.2) is 42.7 Å². The summed E-state index contributed by atoms with van der Waals surface area (Å²) in [4.78, 5) is 29.1. The number of carbonyl (C=O) groups is 2. The molecular weight excluding hydrogens is 394 g/mol. The first kappa shape index (κ1) is 21.4. The van der Waals surface area contributed by atoms with Gasteiger partial charge in [0.1, 0.15) is 0 Å². The zero-order valence-corrected chi connectivity index (χ0v) is 18.1. The van der Waals surface area contributed by atoms with Crippen LogP contribution in [-0.2, 0) is 9.53 Å². The van der Waals surface area contributed by atoms with Gasteiger partial charge in [0.05, 0.1) is 18.2 Å². The Labute approximate surface area is 183 Å². The first-order valence-electron chi connectivity index (χ1n) is 11.2. The van der Waals surface area contributed by atoms with Gasteiger partial charge in [-0.2, -0.15) is 5.10 Å². The summed E-state index contributed by atoms with van der Waals surface area (Å²) in [5.74, 6) is 0.0523. The van der Waals surface area contributed by atoms with Gasteiger partial charge < -0.3 is 15.0 Å². The third kappa shape index (κ3) is 5.25. The van der Waals surface area contributed by atoms with E-state index in [2.05, 4.69) is 15.3 Å². The molecule has 4 rings (SSSR count). The molecule has 0 radical (unpaired) electrons. The van der Waals surface area contributed by atoms with Gasteiger partial charge in [-0.15, -0.1) is 0 Å². The van der Waals surface area contributed by atoms with Gasteiger partial charge in [-0.25, -0.2) is 9.48 Å². The number of rotatable bonds is 5. The number of carbonyl (C=O) groups excluding carboxylic acids is 2. The number of nitrogens with zero attached hydrogens (tertiary/aromatic N) is 4. The Bertz CT molecular complexity index is 877. The van der Waals surface area contributed by atoms with Crippen LogP contribution in [0.5, 0.6) is 0 Å². The fraction of sp³-hybridized carbons (Fsp3) is 0.522. The molecule has 2 aliphatic rings. The van der Waals surface area contributed by atoms with Crippen LogP contribution in [0, 0.1) is 5.92 Å². The van der Waals surface area contributed by atoms with Gasteiger partial charge in [0, 0.05) is 43.8 Å². The quantitative estimate of drug-likeness (QED) is 0.796. The van der Waals surface area contributed by atoms with E-state index in [1.54, 1.807) is 15.8 Å². The largest absolute Gasteiger partial charge is 0.450 e. The number of likely N-dealkylation sites (tertiary alicyclic amines) is 2. The van der Waals surface area contributed by atoms with Crippen molar-refractivity contribution < 1.29 is 14.3 Å². The highest BCUT2D eigenvalue weighted by molar-refractivity contribution is 5.93. The second kappa shape index (κ2) is 9.96. The molecule has 8 nitrogen and oxygen atoms in total. The maximum Gasteiger partial charge on any atom is 0.409 e. The van der Waals surface area contributed by atoms with Crippen LogP contribution in [0.2, 0.25) is 0 Å². The molecule has 0 unspecified atom stereocenters. The second-order valence-electron chi connectivity index (χ2n) is 8.24. The molecule has 31 heavy (non-hydrogen) atoms. The lowest BCUT2D eigenvalue weighted by atomic mass is 9.93. The molecule has 1 aromatic carbocycles. The van der Waals surface area contributed by atoms with Gasteiger partial charge >= 0.3 is 6.09 Å². The van der Waals surface area contributed by atoms with Crippen LogP contribution in [0.3, 0.4) is 0 Å². The standard InChI is InChI=1S/C23H31N5O3/c1-2-31-23(30)26-14-9-20(10-15-26)27-12-4-6-18(17-27)22(29)25-19-7-3-8-21(16-19)28-13-5-11-24-28/h3,5,7-8,11,13,16,18,20H,2,4,6,9-10,12,14-15,17H2,1H3,(H,25,29)/t18-/m0/s1. The number of amides is 2. The minimum Gasteiger partial charge on any atom is -0.450 e. The predicted molar refractivity (Wildman–Crippen MR) is 118 cm³/mol. The van der Waals surface area contributed by atoms with E-state index in [0.717, 1.165) is 63.2 Å². The number of nitrogens with one attached hydrogen (secondary N) is 1. The SMILES string of the molecule is CCOC(=O)N1CCC(N2CCC[C@H](C(=O)Nc3cccc(-n4cccn4)c3)C2)CC1. The second-order valence-corrected chi connectivity index (χ2v) is 8.24. The first-order chi connectivity index (χ1) is 15.1. The van der Waals surface area contributed by atoms with Crippen molar-refractivity contribution in [3.63, 3.8) is 0 Å². The van der Waals surface area contributed by atoms with Gasteiger partial charge in [-0.3, -0.25) is 9.69 Å². The van der Waals surface area contributed by atoms with Gasteiger partial charge in [-0.1, -0.05) is 6.07 Å². The van der Waals surface area contributed by atoms with E-state index < -0.39 is 0 Å². The molecule has 0 saturated carbocycles. The molecule has 1 atom stereocenters. The monoisotopic (exact) mass is 425 g/mol. The first-order valence-corrected chi connectivity index (χ1v) is 11.2. The van der Waals surface area contributed by atoms with Crippen molar-refractivity contribution in [1.29, 1.82) is 0 Å². The highest BCUT2D eigenvalue weighted by Crippen LogP contribution is 2.25. The van der Waals surface area contributed by atoms with Crippen LogP contribution < -0.4 is 5.32 Å². The normalized spacial score (nSPS) is 20.4. The Hall–Kier alpha value is -2.87. The predicted octanol–water partition coefficient (Wildman–Crippen LogP) is 3.14. The third-order valence-electron chi connectivity index (χ3n) is 6.21. The molecule has 0 spiro atoms. The van der Waals surface area contributed by atoms with Crippen molar-refractivity contribution in [3.8, 4) is 5.69 Å². The van der Waals surface area contributed by atoms with Crippen molar-refractivity contribution in [3.05, 3.63) is 42.7 Å². The van der Waals surface area contributed by atoms with Crippen LogP contribution in [0.4, 0.5) is 10.5 Å². The fourth-order valence-corrected chi connectivity index (χ4v) is 4.57. The van der Waals surface area contributed by atoms with Gasteiger partial charge in [0.25, 0.3) is 0 Å². The van der Waals surface area contributed by atoms with Gasteiger partial charge in [-0.05, 0) is 63.4 Å². The number of piperidine rings is 2. The molecule has 2 saturated heterocycles. The minimum absolute atomic E-state index is 0.0230. The molecule has 2 aliphatic heterocycles. The van der Waals surface area contributed by atoms with Crippen molar-refractivity contribution in [2.45, 2.75) is 38.6 Å². The van der Waals surface area contributed by atoms with Crippen LogP contribution in [-0.4, -0.2) is 70.4 Å². The molecule has 2 amide bonds. The summed E-state index contributed by atoms with van der Waals surface area (Å²) >= 11 is 0. The van der Waals surface area contributed by atoms with Gasteiger partial charge in [0.15, 0.2) is 0 Å². The molecular formula is C23H31N5O3. The molecule has 2 aromatic rings. The highest BCUT2D eigenvalue weighted by Gasteiger charge is 2.32. The maximum absolute atomic E-state index is 13.0. The van der Waals surface area contributed by atoms with Crippen molar-refractivity contribution in [1.82, 2.24) is 19.6 Å². The van der Waals surface area contributed by atoms with Crippen molar-refractivity contribution >= 4 is 17.7 Å². The van der Waals surface area contributed by atoms with Crippen LogP contribution in [0.1, 0.15) is 32.6 Å². The summed E-state index contributed by atoms with van der Waals surface area (Å²) in [5.41, 5.74) is 1.71. The number of anilines is 1. The van der Waals surface area contributed by atoms with E-state index >= 15 is 0 Å². The van der Waals surface area contributed by atoms with E-state index in [0.29, 0.717) is 12.6 Å². The molecule has 0 aliphatic carbocycles. The lowest BCUT2D eigenvalue weighted by Crippen LogP contribution is -2.51. The van der Waals surface area contributed by atoms with Gasteiger partial charge in [0.2, 0.25) is 5.91 Å². The van der Waals surface area contributed by atoms with Crippen molar-refractivity contribution in [2.24, 2.45) is 5.92 Å². The zero-order chi connectivity index (χ0) is 21.6. The van der Waals surface area contributed by atoms with E-state index in [-0.39, 0.29) is 17.9 Å². The highest BCUT2D eigenvalue weighted by atomic mass is 16.6. The summed E-state index contributed by atoms with van der Waals surface area (Å²) in [6.07, 6.45) is 7.19. The summed E-state index contributed by atoms with van der Waals surface area (Å²) in [6.45, 7) is 5.47. The van der Waals surface area contributed by atoms with Crippen LogP contribution >= 0.6 is 0 Å².